The second-order valence-corrected chi connectivity index (χ2v) is 9.08. The van der Waals surface area contributed by atoms with Gasteiger partial charge in [0.2, 0.25) is 0 Å². The maximum Gasteiger partial charge on any atom is 0.200 e. The molecule has 2 fully saturated rings. The number of imidazole rings is 1. The van der Waals surface area contributed by atoms with E-state index in [1.165, 1.54) is 25.5 Å². The van der Waals surface area contributed by atoms with Gasteiger partial charge in [0.1, 0.15) is 17.4 Å². The van der Waals surface area contributed by atoms with Crippen molar-refractivity contribution in [3.05, 3.63) is 28.9 Å². The molecule has 0 aliphatic carbocycles. The molecule has 0 bridgehead atoms. The molecule has 3 aromatic rings. The van der Waals surface area contributed by atoms with Gasteiger partial charge in [-0.25, -0.2) is 15.0 Å². The number of phenols is 1. The zero-order valence-electron chi connectivity index (χ0n) is 17.0. The highest BCUT2D eigenvalue weighted by molar-refractivity contribution is 6.31. The number of phenolic OH excluding ortho intramolecular Hbond substituents is 1. The molecule has 1 spiro atoms. The van der Waals surface area contributed by atoms with E-state index in [4.69, 9.17) is 21.6 Å². The number of fused-ring (bicyclic) bond motifs is 1. The number of likely N-dealkylation sites (tertiary alicyclic amines) is 1. The van der Waals surface area contributed by atoms with Crippen LogP contribution in [-0.2, 0) is 7.05 Å². The summed E-state index contributed by atoms with van der Waals surface area (Å²) in [6.45, 7) is 6.27. The topological polar surface area (TPSA) is 70.3 Å². The zero-order chi connectivity index (χ0) is 20.3. The summed E-state index contributed by atoms with van der Waals surface area (Å²) in [5.41, 5.74) is 3.20. The maximum absolute atomic E-state index is 10.5. The van der Waals surface area contributed by atoms with E-state index in [2.05, 4.69) is 21.8 Å². The Kier molecular flexibility index (Phi) is 4.22. The third-order valence-electron chi connectivity index (χ3n) is 6.46. The molecule has 2 aliphatic rings. The zero-order valence-corrected chi connectivity index (χ0v) is 17.7. The first kappa shape index (κ1) is 18.6. The van der Waals surface area contributed by atoms with E-state index in [9.17, 15) is 5.11 Å². The van der Waals surface area contributed by atoms with Crippen molar-refractivity contribution in [3.63, 3.8) is 0 Å². The second-order valence-electron chi connectivity index (χ2n) is 8.65. The van der Waals surface area contributed by atoms with E-state index in [1.807, 2.05) is 30.8 Å². The molecule has 2 aromatic heterocycles. The quantitative estimate of drug-likeness (QED) is 0.696. The minimum absolute atomic E-state index is 0.112. The number of benzene rings is 1. The molecule has 1 atom stereocenters. The van der Waals surface area contributed by atoms with Crippen LogP contribution in [0.5, 0.6) is 5.75 Å². The first-order valence-electron chi connectivity index (χ1n) is 9.98. The number of hydrogen-bond donors (Lipinski definition) is 1. The van der Waals surface area contributed by atoms with Gasteiger partial charge in [-0.15, -0.1) is 0 Å². The Bertz CT molecular complexity index is 1090. The van der Waals surface area contributed by atoms with Crippen LogP contribution >= 0.6 is 11.6 Å². The fraction of sp³-hybridized carbons (Fsp3) is 0.476. The third kappa shape index (κ3) is 3.04. The molecule has 2 aliphatic heterocycles. The Morgan fingerprint density at radius 1 is 1.10 bits per heavy atom. The van der Waals surface area contributed by atoms with Crippen LogP contribution in [0.3, 0.4) is 0 Å². The van der Waals surface area contributed by atoms with Gasteiger partial charge < -0.3 is 19.5 Å². The summed E-state index contributed by atoms with van der Waals surface area (Å²) in [4.78, 5) is 19.0. The molecule has 5 rings (SSSR count). The molecule has 0 radical (unpaired) electrons. The Labute approximate surface area is 175 Å². The van der Waals surface area contributed by atoms with Gasteiger partial charge in [-0.2, -0.15) is 0 Å². The second kappa shape index (κ2) is 6.57. The van der Waals surface area contributed by atoms with E-state index >= 15 is 0 Å². The van der Waals surface area contributed by atoms with Gasteiger partial charge in [-0.3, -0.25) is 0 Å². The molecule has 1 N–H and O–H groups in total. The normalized spacial score (nSPS) is 22.4. The number of halogens is 1. The van der Waals surface area contributed by atoms with E-state index in [-0.39, 0.29) is 5.75 Å². The van der Waals surface area contributed by atoms with Gasteiger partial charge >= 0.3 is 0 Å². The summed E-state index contributed by atoms with van der Waals surface area (Å²) in [7, 11) is 4.10. The molecule has 29 heavy (non-hydrogen) atoms. The van der Waals surface area contributed by atoms with Crippen molar-refractivity contribution in [2.45, 2.75) is 19.8 Å². The molecule has 7 nitrogen and oxygen atoms in total. The summed E-state index contributed by atoms with van der Waals surface area (Å²) < 4.78 is 1.87. The Morgan fingerprint density at radius 2 is 1.90 bits per heavy atom. The highest BCUT2D eigenvalue weighted by Crippen LogP contribution is 2.40. The Balaban J connectivity index is 1.51. The monoisotopic (exact) mass is 412 g/mol. The lowest BCUT2D eigenvalue weighted by atomic mass is 9.86. The Morgan fingerprint density at radius 3 is 2.62 bits per heavy atom. The molecular weight excluding hydrogens is 388 g/mol. The standard InChI is InChI=1S/C21H25ClN6O/c1-13-8-14(22)9-15(29)17(13)19-25-18-20(27(19)3)23-10-16(24-18)28-7-5-21(12-28)4-6-26(2)11-21/h8-10,29H,4-7,11-12H2,1-3H3/t21-/m0/s1. The van der Waals surface area contributed by atoms with Gasteiger partial charge in [-0.1, -0.05) is 11.6 Å². The first-order chi connectivity index (χ1) is 13.8. The van der Waals surface area contributed by atoms with Crippen molar-refractivity contribution in [2.24, 2.45) is 12.5 Å². The van der Waals surface area contributed by atoms with Crippen LogP contribution < -0.4 is 4.90 Å². The van der Waals surface area contributed by atoms with Crippen molar-refractivity contribution in [3.8, 4) is 17.1 Å². The number of aromatic hydroxyl groups is 1. The summed E-state index contributed by atoms with van der Waals surface area (Å²) in [6.07, 6.45) is 4.29. The fourth-order valence-corrected chi connectivity index (χ4v) is 5.23. The van der Waals surface area contributed by atoms with Crippen molar-refractivity contribution in [1.82, 2.24) is 24.4 Å². The first-order valence-corrected chi connectivity index (χ1v) is 10.4. The molecular formula is C21H25ClN6O. The van der Waals surface area contributed by atoms with Gasteiger partial charge in [-0.05, 0) is 51.1 Å². The third-order valence-corrected chi connectivity index (χ3v) is 6.68. The van der Waals surface area contributed by atoms with E-state index in [1.54, 1.807) is 0 Å². The summed E-state index contributed by atoms with van der Waals surface area (Å²) in [5, 5.41) is 11.0. The van der Waals surface area contributed by atoms with Crippen LogP contribution in [0.4, 0.5) is 5.82 Å². The predicted octanol–water partition coefficient (Wildman–Crippen LogP) is 3.23. The van der Waals surface area contributed by atoms with Crippen LogP contribution in [0.25, 0.3) is 22.7 Å². The maximum atomic E-state index is 10.5. The van der Waals surface area contributed by atoms with Crippen molar-refractivity contribution >= 4 is 28.7 Å². The average Bonchev–Trinajstić information content (AvgIpc) is 3.33. The lowest BCUT2D eigenvalue weighted by molar-refractivity contribution is 0.312. The predicted molar refractivity (Wildman–Crippen MR) is 115 cm³/mol. The smallest absolute Gasteiger partial charge is 0.200 e. The molecule has 8 heteroatoms. The molecule has 0 unspecified atom stereocenters. The molecule has 4 heterocycles. The largest absolute Gasteiger partial charge is 0.507 e. The van der Waals surface area contributed by atoms with Gasteiger partial charge in [0.25, 0.3) is 0 Å². The lowest BCUT2D eigenvalue weighted by Gasteiger charge is -2.24. The Hall–Kier alpha value is -2.38. The van der Waals surface area contributed by atoms with Crippen LogP contribution in [0.15, 0.2) is 18.3 Å². The number of rotatable bonds is 2. The summed E-state index contributed by atoms with van der Waals surface area (Å²) >= 11 is 6.06. The van der Waals surface area contributed by atoms with E-state index < -0.39 is 0 Å². The summed E-state index contributed by atoms with van der Waals surface area (Å²) in [5.74, 6) is 1.63. The number of nitrogens with zero attached hydrogens (tertiary/aromatic N) is 6. The molecule has 0 amide bonds. The van der Waals surface area contributed by atoms with Crippen LogP contribution in [-0.4, -0.2) is 62.8 Å². The average molecular weight is 413 g/mol. The minimum Gasteiger partial charge on any atom is -0.507 e. The SMILES string of the molecule is Cc1cc(Cl)cc(O)c1-c1nc2nc(N3CC[C@]4(CCN(C)C4)C3)cnc2n1C. The molecule has 152 valence electrons. The van der Waals surface area contributed by atoms with Gasteiger partial charge in [0.15, 0.2) is 11.3 Å². The lowest BCUT2D eigenvalue weighted by Crippen LogP contribution is -2.30. The summed E-state index contributed by atoms with van der Waals surface area (Å²) in [6, 6.07) is 3.36. The van der Waals surface area contributed by atoms with Crippen LogP contribution in [0, 0.1) is 12.3 Å². The fourth-order valence-electron chi connectivity index (χ4n) is 4.97. The highest BCUT2D eigenvalue weighted by Gasteiger charge is 2.42. The van der Waals surface area contributed by atoms with Crippen LogP contribution in [0.1, 0.15) is 18.4 Å². The van der Waals surface area contributed by atoms with Crippen LogP contribution in [0.2, 0.25) is 5.02 Å². The van der Waals surface area contributed by atoms with Crippen molar-refractivity contribution < 1.29 is 5.11 Å². The van der Waals surface area contributed by atoms with E-state index in [0.29, 0.717) is 33.1 Å². The van der Waals surface area contributed by atoms with Gasteiger partial charge in [0, 0.05) is 37.1 Å². The van der Waals surface area contributed by atoms with Crippen molar-refractivity contribution in [2.75, 3.05) is 38.1 Å². The molecule has 2 saturated heterocycles. The minimum atomic E-state index is 0.112. The number of aryl methyl sites for hydroxylation is 2. The highest BCUT2D eigenvalue weighted by atomic mass is 35.5. The van der Waals surface area contributed by atoms with Crippen molar-refractivity contribution in [1.29, 1.82) is 0 Å². The number of hydrogen-bond acceptors (Lipinski definition) is 6. The van der Waals surface area contributed by atoms with E-state index in [0.717, 1.165) is 31.0 Å². The molecule has 0 saturated carbocycles. The van der Waals surface area contributed by atoms with Gasteiger partial charge in [0.05, 0.1) is 11.8 Å². The number of anilines is 1. The molecule has 1 aromatic carbocycles. The number of aromatic nitrogens is 4.